The Bertz CT molecular complexity index is 545. The van der Waals surface area contributed by atoms with Gasteiger partial charge in [0.1, 0.15) is 5.75 Å². The predicted octanol–water partition coefficient (Wildman–Crippen LogP) is 3.75. The number of halogens is 1. The Hall–Kier alpha value is -1.39. The maximum absolute atomic E-state index is 5.28. The number of nitrogens with zero attached hydrogens (tertiary/aromatic N) is 1. The lowest BCUT2D eigenvalue weighted by molar-refractivity contribution is 0.411. The van der Waals surface area contributed by atoms with Crippen molar-refractivity contribution in [2.75, 3.05) is 13.7 Å². The molecule has 0 fully saturated rings. The van der Waals surface area contributed by atoms with Crippen molar-refractivity contribution in [3.05, 3.63) is 58.3 Å². The number of pyridine rings is 1. The van der Waals surface area contributed by atoms with Crippen LogP contribution in [0.25, 0.3) is 0 Å². The fourth-order valence-electron chi connectivity index (χ4n) is 2.18. The van der Waals surface area contributed by atoms with Crippen molar-refractivity contribution in [3.63, 3.8) is 0 Å². The Morgan fingerprint density at radius 1 is 1.30 bits per heavy atom. The van der Waals surface area contributed by atoms with Crippen molar-refractivity contribution in [2.45, 2.75) is 19.4 Å². The van der Waals surface area contributed by atoms with Gasteiger partial charge in [0.15, 0.2) is 0 Å². The van der Waals surface area contributed by atoms with E-state index in [1.54, 1.807) is 7.11 Å². The van der Waals surface area contributed by atoms with Crippen LogP contribution in [-0.2, 0) is 6.42 Å². The fourth-order valence-corrected chi connectivity index (χ4v) is 2.74. The Kier molecular flexibility index (Phi) is 5.56. The Labute approximate surface area is 128 Å². The zero-order valence-corrected chi connectivity index (χ0v) is 13.4. The van der Waals surface area contributed by atoms with Gasteiger partial charge in [0.2, 0.25) is 0 Å². The second-order valence-corrected chi connectivity index (χ2v) is 5.38. The molecule has 0 radical (unpaired) electrons. The Morgan fingerprint density at radius 2 is 2.15 bits per heavy atom. The summed E-state index contributed by atoms with van der Waals surface area (Å²) in [5.41, 5.74) is 2.32. The van der Waals surface area contributed by atoms with E-state index in [1.165, 1.54) is 5.56 Å². The molecule has 1 heterocycles. The summed E-state index contributed by atoms with van der Waals surface area (Å²) in [4.78, 5) is 4.41. The van der Waals surface area contributed by atoms with Crippen LogP contribution in [0, 0.1) is 0 Å². The number of nitrogens with one attached hydrogen (secondary N) is 1. The molecule has 0 aliphatic heterocycles. The average molecular weight is 335 g/mol. The van der Waals surface area contributed by atoms with Crippen molar-refractivity contribution in [2.24, 2.45) is 0 Å². The number of ether oxygens (including phenoxy) is 1. The molecule has 1 aromatic carbocycles. The molecule has 1 aromatic heterocycles. The van der Waals surface area contributed by atoms with Gasteiger partial charge in [-0.15, -0.1) is 0 Å². The molecule has 0 saturated carbocycles. The standard InChI is InChI=1S/C16H19BrN2O/c1-3-18-15(11-13-6-4-5-9-19-13)12-7-8-16(20-2)14(17)10-12/h4-10,15,18H,3,11H2,1-2H3. The minimum Gasteiger partial charge on any atom is -0.496 e. The van der Waals surface area contributed by atoms with E-state index in [9.17, 15) is 0 Å². The van der Waals surface area contributed by atoms with Gasteiger partial charge in [-0.3, -0.25) is 4.98 Å². The molecule has 1 atom stereocenters. The van der Waals surface area contributed by atoms with Gasteiger partial charge in [-0.2, -0.15) is 0 Å². The van der Waals surface area contributed by atoms with E-state index in [0.717, 1.165) is 28.9 Å². The van der Waals surface area contributed by atoms with Gasteiger partial charge < -0.3 is 10.1 Å². The molecule has 1 unspecified atom stereocenters. The number of aromatic nitrogens is 1. The highest BCUT2D eigenvalue weighted by molar-refractivity contribution is 9.10. The van der Waals surface area contributed by atoms with Gasteiger partial charge in [-0.25, -0.2) is 0 Å². The molecule has 106 valence electrons. The minimum absolute atomic E-state index is 0.247. The molecule has 20 heavy (non-hydrogen) atoms. The maximum atomic E-state index is 5.28. The summed E-state index contributed by atoms with van der Waals surface area (Å²) in [7, 11) is 1.68. The van der Waals surface area contributed by atoms with E-state index in [-0.39, 0.29) is 6.04 Å². The smallest absolute Gasteiger partial charge is 0.133 e. The van der Waals surface area contributed by atoms with Crippen LogP contribution in [0.15, 0.2) is 47.1 Å². The molecular formula is C16H19BrN2O. The van der Waals surface area contributed by atoms with Gasteiger partial charge in [-0.05, 0) is 52.3 Å². The van der Waals surface area contributed by atoms with Crippen LogP contribution in [0.3, 0.4) is 0 Å². The number of benzene rings is 1. The van der Waals surface area contributed by atoms with Crippen molar-refractivity contribution in [1.29, 1.82) is 0 Å². The molecule has 0 aliphatic carbocycles. The molecule has 0 saturated heterocycles. The van der Waals surface area contributed by atoms with E-state index in [0.29, 0.717) is 0 Å². The number of hydrogen-bond acceptors (Lipinski definition) is 3. The maximum Gasteiger partial charge on any atom is 0.133 e. The Morgan fingerprint density at radius 3 is 2.75 bits per heavy atom. The number of hydrogen-bond donors (Lipinski definition) is 1. The summed E-state index contributed by atoms with van der Waals surface area (Å²) in [5.74, 6) is 0.849. The summed E-state index contributed by atoms with van der Waals surface area (Å²) in [5, 5.41) is 3.51. The quantitative estimate of drug-likeness (QED) is 0.873. The number of likely N-dealkylation sites (N-methyl/N-ethyl adjacent to an activating group) is 1. The molecule has 1 N–H and O–H groups in total. The highest BCUT2D eigenvalue weighted by Gasteiger charge is 2.13. The first-order valence-electron chi connectivity index (χ1n) is 6.71. The third kappa shape index (κ3) is 3.81. The van der Waals surface area contributed by atoms with Gasteiger partial charge in [0.05, 0.1) is 11.6 Å². The van der Waals surface area contributed by atoms with Crippen molar-refractivity contribution in [1.82, 2.24) is 10.3 Å². The SMILES string of the molecule is CCNC(Cc1ccccn1)c1ccc(OC)c(Br)c1. The van der Waals surface area contributed by atoms with Crippen LogP contribution in [-0.4, -0.2) is 18.6 Å². The molecule has 4 heteroatoms. The summed E-state index contributed by atoms with van der Waals surface area (Å²) < 4.78 is 6.25. The number of methoxy groups -OCH3 is 1. The average Bonchev–Trinajstić information content (AvgIpc) is 2.48. The van der Waals surface area contributed by atoms with Crippen LogP contribution < -0.4 is 10.1 Å². The van der Waals surface area contributed by atoms with E-state index in [2.05, 4.69) is 51.4 Å². The molecular weight excluding hydrogens is 316 g/mol. The van der Waals surface area contributed by atoms with Crippen molar-refractivity contribution in [3.8, 4) is 5.75 Å². The van der Waals surface area contributed by atoms with Gasteiger partial charge in [0, 0.05) is 24.4 Å². The lowest BCUT2D eigenvalue weighted by atomic mass is 10.0. The van der Waals surface area contributed by atoms with Crippen LogP contribution in [0.2, 0.25) is 0 Å². The van der Waals surface area contributed by atoms with Crippen LogP contribution >= 0.6 is 15.9 Å². The normalized spacial score (nSPS) is 12.2. The zero-order chi connectivity index (χ0) is 14.4. The molecule has 0 aliphatic rings. The molecule has 2 aromatic rings. The fraction of sp³-hybridized carbons (Fsp3) is 0.312. The van der Waals surface area contributed by atoms with Crippen LogP contribution in [0.1, 0.15) is 24.2 Å². The molecule has 3 nitrogen and oxygen atoms in total. The summed E-state index contributed by atoms with van der Waals surface area (Å²) in [6.07, 6.45) is 2.70. The second kappa shape index (κ2) is 7.41. The molecule has 0 spiro atoms. The number of rotatable bonds is 6. The monoisotopic (exact) mass is 334 g/mol. The van der Waals surface area contributed by atoms with E-state index in [4.69, 9.17) is 4.74 Å². The molecule has 0 bridgehead atoms. The summed E-state index contributed by atoms with van der Waals surface area (Å²) >= 11 is 3.54. The van der Waals surface area contributed by atoms with Crippen molar-refractivity contribution >= 4 is 15.9 Å². The first-order valence-corrected chi connectivity index (χ1v) is 7.50. The van der Waals surface area contributed by atoms with Crippen molar-refractivity contribution < 1.29 is 4.74 Å². The predicted molar refractivity (Wildman–Crippen MR) is 85.1 cm³/mol. The van der Waals surface area contributed by atoms with Gasteiger partial charge in [-0.1, -0.05) is 19.1 Å². The van der Waals surface area contributed by atoms with Crippen LogP contribution in [0.4, 0.5) is 0 Å². The summed E-state index contributed by atoms with van der Waals surface area (Å²) in [6.45, 7) is 3.03. The summed E-state index contributed by atoms with van der Waals surface area (Å²) in [6, 6.07) is 12.5. The van der Waals surface area contributed by atoms with E-state index >= 15 is 0 Å². The molecule has 0 amide bonds. The van der Waals surface area contributed by atoms with E-state index in [1.807, 2.05) is 24.4 Å². The van der Waals surface area contributed by atoms with E-state index < -0.39 is 0 Å². The Balaban J connectivity index is 2.22. The first-order chi connectivity index (χ1) is 9.74. The highest BCUT2D eigenvalue weighted by atomic mass is 79.9. The third-order valence-corrected chi connectivity index (χ3v) is 3.79. The topological polar surface area (TPSA) is 34.2 Å². The first kappa shape index (κ1) is 15.0. The highest BCUT2D eigenvalue weighted by Crippen LogP contribution is 2.29. The van der Waals surface area contributed by atoms with Gasteiger partial charge >= 0.3 is 0 Å². The lowest BCUT2D eigenvalue weighted by Gasteiger charge is -2.19. The largest absolute Gasteiger partial charge is 0.496 e. The van der Waals surface area contributed by atoms with Gasteiger partial charge in [0.25, 0.3) is 0 Å². The molecule has 2 rings (SSSR count). The second-order valence-electron chi connectivity index (χ2n) is 4.53. The zero-order valence-electron chi connectivity index (χ0n) is 11.8. The lowest BCUT2D eigenvalue weighted by Crippen LogP contribution is -2.23. The minimum atomic E-state index is 0.247. The third-order valence-electron chi connectivity index (χ3n) is 3.17. The van der Waals surface area contributed by atoms with Crippen LogP contribution in [0.5, 0.6) is 5.75 Å².